The molecule has 144 valence electrons. The van der Waals surface area contributed by atoms with Crippen LogP contribution in [0.25, 0.3) is 0 Å². The Morgan fingerprint density at radius 3 is 2.46 bits per heavy atom. The summed E-state index contributed by atoms with van der Waals surface area (Å²) in [6.45, 7) is 3.58. The molecule has 0 atom stereocenters. The van der Waals surface area contributed by atoms with E-state index in [4.69, 9.17) is 0 Å². The smallest absolute Gasteiger partial charge is 0.253 e. The van der Waals surface area contributed by atoms with Gasteiger partial charge in [-0.2, -0.15) is 0 Å². The highest BCUT2D eigenvalue weighted by molar-refractivity contribution is 7.89. The van der Waals surface area contributed by atoms with Gasteiger partial charge in [0.2, 0.25) is 10.0 Å². The minimum absolute atomic E-state index is 0.0103. The zero-order valence-electron chi connectivity index (χ0n) is 15.6. The van der Waals surface area contributed by atoms with Gasteiger partial charge in [0.1, 0.15) is 0 Å². The molecule has 1 heterocycles. The summed E-state index contributed by atoms with van der Waals surface area (Å²) in [6.07, 6.45) is 5.73. The van der Waals surface area contributed by atoms with E-state index in [1.165, 1.54) is 6.07 Å². The maximum atomic E-state index is 12.9. The minimum atomic E-state index is -3.61. The highest BCUT2D eigenvalue weighted by atomic mass is 32.2. The Hall–Kier alpha value is -1.44. The van der Waals surface area contributed by atoms with E-state index >= 15 is 0 Å². The van der Waals surface area contributed by atoms with E-state index in [1.54, 1.807) is 24.0 Å². The number of carbonyl (C=O) groups is 1. The lowest BCUT2D eigenvalue weighted by Gasteiger charge is -2.31. The van der Waals surface area contributed by atoms with Crippen LogP contribution in [-0.4, -0.2) is 51.4 Å². The molecule has 1 aliphatic carbocycles. The fourth-order valence-electron chi connectivity index (χ4n) is 3.91. The van der Waals surface area contributed by atoms with Crippen molar-refractivity contribution in [2.45, 2.75) is 62.4 Å². The van der Waals surface area contributed by atoms with Crippen molar-refractivity contribution < 1.29 is 13.2 Å². The monoisotopic (exact) mass is 379 g/mol. The summed E-state index contributed by atoms with van der Waals surface area (Å²) >= 11 is 0. The van der Waals surface area contributed by atoms with Crippen LogP contribution in [0.3, 0.4) is 0 Å². The first-order chi connectivity index (χ1) is 12.4. The Balaban J connectivity index is 1.81. The lowest BCUT2D eigenvalue weighted by molar-refractivity contribution is 0.0703. The topological polar surface area (TPSA) is 78.5 Å². The first-order valence-corrected chi connectivity index (χ1v) is 11.0. The van der Waals surface area contributed by atoms with Crippen molar-refractivity contribution in [3.63, 3.8) is 0 Å². The molecule has 0 aromatic heterocycles. The Morgan fingerprint density at radius 1 is 1.15 bits per heavy atom. The number of nitrogens with one attached hydrogen (secondary N) is 2. The molecular formula is C19H29N3O3S. The maximum Gasteiger partial charge on any atom is 0.253 e. The third-order valence-electron chi connectivity index (χ3n) is 5.58. The average Bonchev–Trinajstić information content (AvgIpc) is 3.13. The van der Waals surface area contributed by atoms with Gasteiger partial charge in [0, 0.05) is 24.7 Å². The predicted octanol–water partition coefficient (Wildman–Crippen LogP) is 2.04. The number of benzene rings is 1. The lowest BCUT2D eigenvalue weighted by Crippen LogP contribution is -2.44. The number of sulfonamides is 1. The largest absolute Gasteiger partial charge is 0.339 e. The van der Waals surface area contributed by atoms with Gasteiger partial charge in [-0.3, -0.25) is 4.79 Å². The fourth-order valence-corrected chi connectivity index (χ4v) is 5.49. The van der Waals surface area contributed by atoms with Crippen molar-refractivity contribution in [2.24, 2.45) is 0 Å². The number of piperidine rings is 1. The molecular weight excluding hydrogens is 350 g/mol. The highest BCUT2D eigenvalue weighted by Crippen LogP contribution is 2.23. The van der Waals surface area contributed by atoms with Gasteiger partial charge in [-0.05, 0) is 63.4 Å². The number of hydrogen-bond donors (Lipinski definition) is 2. The summed E-state index contributed by atoms with van der Waals surface area (Å²) in [5.74, 6) is -0.116. The van der Waals surface area contributed by atoms with Gasteiger partial charge < -0.3 is 10.2 Å². The summed E-state index contributed by atoms with van der Waals surface area (Å²) in [7, 11) is -1.80. The van der Waals surface area contributed by atoms with Crippen molar-refractivity contribution in [1.29, 1.82) is 0 Å². The van der Waals surface area contributed by atoms with Crippen molar-refractivity contribution in [2.75, 3.05) is 20.1 Å². The number of carbonyl (C=O) groups excluding carboxylic acids is 1. The minimum Gasteiger partial charge on any atom is -0.339 e. The molecule has 0 spiro atoms. The normalized spacial score (nSPS) is 19.6. The third kappa shape index (κ3) is 4.27. The van der Waals surface area contributed by atoms with Crippen LogP contribution in [-0.2, 0) is 10.0 Å². The number of aryl methyl sites for hydroxylation is 1. The second-order valence-electron chi connectivity index (χ2n) is 7.48. The molecule has 3 rings (SSSR count). The third-order valence-corrected chi connectivity index (χ3v) is 7.24. The molecule has 0 unspecified atom stereocenters. The lowest BCUT2D eigenvalue weighted by atomic mass is 10.0. The summed E-state index contributed by atoms with van der Waals surface area (Å²) in [5.41, 5.74) is 1.10. The molecule has 7 heteroatoms. The van der Waals surface area contributed by atoms with E-state index < -0.39 is 10.0 Å². The van der Waals surface area contributed by atoms with Crippen molar-refractivity contribution in [3.8, 4) is 0 Å². The molecule has 0 bridgehead atoms. The number of hydrogen-bond acceptors (Lipinski definition) is 4. The van der Waals surface area contributed by atoms with Crippen LogP contribution in [0.15, 0.2) is 23.1 Å². The fraction of sp³-hybridized carbons (Fsp3) is 0.632. The first-order valence-electron chi connectivity index (χ1n) is 9.49. The molecule has 26 heavy (non-hydrogen) atoms. The van der Waals surface area contributed by atoms with Gasteiger partial charge >= 0.3 is 0 Å². The Labute approximate surface area is 156 Å². The van der Waals surface area contributed by atoms with Gasteiger partial charge in [0.05, 0.1) is 4.90 Å². The van der Waals surface area contributed by atoms with E-state index in [0.29, 0.717) is 11.1 Å². The van der Waals surface area contributed by atoms with Crippen LogP contribution in [0, 0.1) is 6.92 Å². The molecule has 2 fully saturated rings. The van der Waals surface area contributed by atoms with Crippen molar-refractivity contribution in [1.82, 2.24) is 14.9 Å². The Kier molecular flexibility index (Phi) is 5.99. The summed E-state index contributed by atoms with van der Waals surface area (Å²) in [4.78, 5) is 14.8. The Morgan fingerprint density at radius 2 is 1.81 bits per heavy atom. The molecule has 1 amide bonds. The van der Waals surface area contributed by atoms with Crippen molar-refractivity contribution in [3.05, 3.63) is 29.3 Å². The second-order valence-corrected chi connectivity index (χ2v) is 9.16. The van der Waals surface area contributed by atoms with Crippen LogP contribution in [0.5, 0.6) is 0 Å². The molecule has 2 N–H and O–H groups in total. The van der Waals surface area contributed by atoms with Crippen LogP contribution >= 0.6 is 0 Å². The SMILES string of the molecule is Cc1ccc(C(=O)N(C)C2CCNCC2)cc1S(=O)(=O)NC1CCCC1. The standard InChI is InChI=1S/C19H29N3O3S/c1-14-7-8-15(19(23)22(2)17-9-11-20-12-10-17)13-18(14)26(24,25)21-16-5-3-4-6-16/h7-8,13,16-17,20-21H,3-6,9-12H2,1-2H3. The van der Waals surface area contributed by atoms with Crippen LogP contribution < -0.4 is 10.0 Å². The number of rotatable bonds is 5. The van der Waals surface area contributed by atoms with Crippen LogP contribution in [0.4, 0.5) is 0 Å². The molecule has 1 saturated carbocycles. The van der Waals surface area contributed by atoms with E-state index in [-0.39, 0.29) is 22.9 Å². The van der Waals surface area contributed by atoms with Crippen molar-refractivity contribution >= 4 is 15.9 Å². The molecule has 1 aromatic carbocycles. The van der Waals surface area contributed by atoms with E-state index in [9.17, 15) is 13.2 Å². The van der Waals surface area contributed by atoms with Gasteiger partial charge in [0.25, 0.3) is 5.91 Å². The zero-order chi connectivity index (χ0) is 18.7. The zero-order valence-corrected chi connectivity index (χ0v) is 16.4. The molecule has 1 aliphatic heterocycles. The van der Waals surface area contributed by atoms with E-state index in [0.717, 1.165) is 51.6 Å². The van der Waals surface area contributed by atoms with Crippen LogP contribution in [0.1, 0.15) is 54.4 Å². The maximum absolute atomic E-state index is 12.9. The predicted molar refractivity (Wildman–Crippen MR) is 102 cm³/mol. The van der Waals surface area contributed by atoms with E-state index in [2.05, 4.69) is 10.0 Å². The number of nitrogens with zero attached hydrogens (tertiary/aromatic N) is 1. The van der Waals surface area contributed by atoms with Gasteiger partial charge in [-0.1, -0.05) is 18.9 Å². The van der Waals surface area contributed by atoms with Gasteiger partial charge in [-0.15, -0.1) is 0 Å². The van der Waals surface area contributed by atoms with Gasteiger partial charge in [0.15, 0.2) is 0 Å². The summed E-state index contributed by atoms with van der Waals surface area (Å²) in [6, 6.07) is 5.20. The first kappa shape index (κ1) is 19.3. The summed E-state index contributed by atoms with van der Waals surface area (Å²) < 4.78 is 28.4. The molecule has 6 nitrogen and oxygen atoms in total. The molecule has 2 aliphatic rings. The summed E-state index contributed by atoms with van der Waals surface area (Å²) in [5, 5.41) is 3.29. The van der Waals surface area contributed by atoms with E-state index in [1.807, 2.05) is 7.05 Å². The Bertz CT molecular complexity index is 751. The quantitative estimate of drug-likeness (QED) is 0.821. The highest BCUT2D eigenvalue weighted by Gasteiger charge is 2.27. The molecule has 1 saturated heterocycles. The van der Waals surface area contributed by atoms with Crippen LogP contribution in [0.2, 0.25) is 0 Å². The second kappa shape index (κ2) is 8.06. The molecule has 0 radical (unpaired) electrons. The number of amides is 1. The van der Waals surface area contributed by atoms with Gasteiger partial charge in [-0.25, -0.2) is 13.1 Å². The molecule has 1 aromatic rings. The average molecular weight is 380 g/mol.